The average Bonchev–Trinajstić information content (AvgIpc) is 2.50. The average molecular weight is 381 g/mol. The zero-order valence-corrected chi connectivity index (χ0v) is 15.0. The minimum atomic E-state index is -0.142. The zero-order chi connectivity index (χ0) is 16.5. The van der Waals surface area contributed by atoms with Crippen molar-refractivity contribution < 1.29 is 9.59 Å². The first kappa shape index (κ1) is 18.0. The van der Waals surface area contributed by atoms with E-state index in [-0.39, 0.29) is 11.8 Å². The number of benzene rings is 1. The van der Waals surface area contributed by atoms with Gasteiger partial charge in [0.1, 0.15) is 0 Å². The van der Waals surface area contributed by atoms with Crippen molar-refractivity contribution in [3.8, 4) is 0 Å². The fourth-order valence-corrected chi connectivity index (χ4v) is 3.16. The van der Waals surface area contributed by atoms with Gasteiger partial charge in [0.15, 0.2) is 0 Å². The van der Waals surface area contributed by atoms with Gasteiger partial charge in [0.25, 0.3) is 5.91 Å². The molecule has 5 heteroatoms. The van der Waals surface area contributed by atoms with Crippen molar-refractivity contribution in [2.24, 2.45) is 0 Å². The van der Waals surface area contributed by atoms with Gasteiger partial charge in [0.2, 0.25) is 5.91 Å². The maximum Gasteiger partial charge on any atom is 0.251 e. The summed E-state index contributed by atoms with van der Waals surface area (Å²) in [5.41, 5.74) is 0.605. The molecule has 2 amide bonds. The second kappa shape index (κ2) is 9.71. The molecule has 0 saturated heterocycles. The van der Waals surface area contributed by atoms with Crippen molar-refractivity contribution in [1.82, 2.24) is 10.6 Å². The van der Waals surface area contributed by atoms with Crippen molar-refractivity contribution in [2.75, 3.05) is 6.54 Å². The van der Waals surface area contributed by atoms with Crippen LogP contribution in [-0.4, -0.2) is 24.4 Å². The Kier molecular flexibility index (Phi) is 7.59. The molecule has 126 valence electrons. The number of carbonyl (C=O) groups excluding carboxylic acids is 2. The Bertz CT molecular complexity index is 508. The van der Waals surface area contributed by atoms with E-state index in [0.717, 1.165) is 17.3 Å². The molecule has 0 unspecified atom stereocenters. The second-order valence-electron chi connectivity index (χ2n) is 6.12. The normalized spacial score (nSPS) is 16.2. The lowest BCUT2D eigenvalue weighted by atomic mass is 9.96. The fourth-order valence-electron chi connectivity index (χ4n) is 2.89. The van der Waals surface area contributed by atoms with Crippen LogP contribution in [0, 0.1) is 0 Å². The third-order valence-electron chi connectivity index (χ3n) is 4.21. The van der Waals surface area contributed by atoms with Crippen LogP contribution >= 0.6 is 15.9 Å². The predicted octanol–water partition coefficient (Wildman–Crippen LogP) is 3.80. The minimum Gasteiger partial charge on any atom is -0.353 e. The van der Waals surface area contributed by atoms with Crippen molar-refractivity contribution in [3.63, 3.8) is 0 Å². The van der Waals surface area contributed by atoms with E-state index in [1.54, 1.807) is 12.1 Å². The smallest absolute Gasteiger partial charge is 0.251 e. The van der Waals surface area contributed by atoms with Crippen LogP contribution in [-0.2, 0) is 4.79 Å². The molecule has 2 N–H and O–H groups in total. The highest BCUT2D eigenvalue weighted by Gasteiger charge is 2.14. The van der Waals surface area contributed by atoms with E-state index in [4.69, 9.17) is 0 Å². The monoisotopic (exact) mass is 380 g/mol. The van der Waals surface area contributed by atoms with Crippen molar-refractivity contribution >= 4 is 27.7 Å². The van der Waals surface area contributed by atoms with E-state index in [0.29, 0.717) is 24.6 Å². The predicted molar refractivity (Wildman–Crippen MR) is 95.3 cm³/mol. The highest BCUT2D eigenvalue weighted by Crippen LogP contribution is 2.17. The number of nitrogens with one attached hydrogen (secondary N) is 2. The van der Waals surface area contributed by atoms with Crippen LogP contribution in [0.3, 0.4) is 0 Å². The van der Waals surface area contributed by atoms with Crippen LogP contribution in [0.2, 0.25) is 0 Å². The van der Waals surface area contributed by atoms with Crippen LogP contribution in [0.25, 0.3) is 0 Å². The van der Waals surface area contributed by atoms with Crippen LogP contribution in [0.1, 0.15) is 61.7 Å². The quantitative estimate of drug-likeness (QED) is 0.815. The summed E-state index contributed by atoms with van der Waals surface area (Å²) in [5, 5.41) is 5.90. The molecule has 1 aromatic carbocycles. The Morgan fingerprint density at radius 2 is 1.61 bits per heavy atom. The Morgan fingerprint density at radius 1 is 1.00 bits per heavy atom. The summed E-state index contributed by atoms with van der Waals surface area (Å²) >= 11 is 3.34. The Balaban J connectivity index is 1.67. The van der Waals surface area contributed by atoms with Gasteiger partial charge in [-0.05, 0) is 37.1 Å². The number of hydrogen-bond acceptors (Lipinski definition) is 2. The number of halogens is 1. The number of amides is 2. The minimum absolute atomic E-state index is 0.0340. The lowest BCUT2D eigenvalue weighted by Crippen LogP contribution is -2.37. The second-order valence-corrected chi connectivity index (χ2v) is 7.04. The maximum atomic E-state index is 12.0. The molecule has 0 bridgehead atoms. The van der Waals surface area contributed by atoms with Gasteiger partial charge in [0.05, 0.1) is 0 Å². The highest BCUT2D eigenvalue weighted by molar-refractivity contribution is 9.10. The molecule has 0 aromatic heterocycles. The van der Waals surface area contributed by atoms with E-state index >= 15 is 0 Å². The summed E-state index contributed by atoms with van der Waals surface area (Å²) in [5.74, 6) is -0.108. The van der Waals surface area contributed by atoms with Crippen molar-refractivity contribution in [2.45, 2.75) is 57.4 Å². The van der Waals surface area contributed by atoms with Gasteiger partial charge in [-0.25, -0.2) is 0 Å². The topological polar surface area (TPSA) is 58.2 Å². The summed E-state index contributed by atoms with van der Waals surface area (Å²) in [6.45, 7) is 0.369. The van der Waals surface area contributed by atoms with Crippen molar-refractivity contribution in [1.29, 1.82) is 0 Å². The Labute approximate surface area is 146 Å². The zero-order valence-electron chi connectivity index (χ0n) is 13.4. The van der Waals surface area contributed by atoms with Gasteiger partial charge >= 0.3 is 0 Å². The summed E-state index contributed by atoms with van der Waals surface area (Å²) in [7, 11) is 0. The SMILES string of the molecule is O=C(CCNC(=O)c1ccc(Br)cc1)NC1CCCCCCC1. The van der Waals surface area contributed by atoms with E-state index in [9.17, 15) is 9.59 Å². The molecule has 0 atom stereocenters. The molecule has 0 spiro atoms. The van der Waals surface area contributed by atoms with E-state index < -0.39 is 0 Å². The highest BCUT2D eigenvalue weighted by atomic mass is 79.9. The summed E-state index contributed by atoms with van der Waals surface area (Å²) in [6.07, 6.45) is 8.76. The molecular weight excluding hydrogens is 356 g/mol. The summed E-state index contributed by atoms with van der Waals surface area (Å²) in [4.78, 5) is 24.0. The first-order valence-corrected chi connectivity index (χ1v) is 9.27. The molecule has 1 saturated carbocycles. The van der Waals surface area contributed by atoms with Gasteiger partial charge in [-0.1, -0.05) is 48.0 Å². The molecule has 1 aromatic rings. The van der Waals surface area contributed by atoms with Crippen LogP contribution in [0.5, 0.6) is 0 Å². The van der Waals surface area contributed by atoms with E-state index in [1.165, 1.54) is 32.1 Å². The molecule has 23 heavy (non-hydrogen) atoms. The maximum absolute atomic E-state index is 12.0. The van der Waals surface area contributed by atoms with Gasteiger partial charge in [-0.2, -0.15) is 0 Å². The molecule has 1 fully saturated rings. The lowest BCUT2D eigenvalue weighted by Gasteiger charge is -2.21. The first-order chi connectivity index (χ1) is 11.1. The van der Waals surface area contributed by atoms with Crippen LogP contribution in [0.4, 0.5) is 0 Å². The lowest BCUT2D eigenvalue weighted by molar-refractivity contribution is -0.121. The summed E-state index contributed by atoms with van der Waals surface area (Å²) in [6, 6.07) is 7.49. The Hall–Kier alpha value is -1.36. The van der Waals surface area contributed by atoms with Crippen LogP contribution < -0.4 is 10.6 Å². The number of rotatable bonds is 5. The van der Waals surface area contributed by atoms with Gasteiger partial charge in [-0.3, -0.25) is 9.59 Å². The third-order valence-corrected chi connectivity index (χ3v) is 4.74. The van der Waals surface area contributed by atoms with Gasteiger partial charge in [0, 0.05) is 29.0 Å². The first-order valence-electron chi connectivity index (χ1n) is 8.48. The van der Waals surface area contributed by atoms with Gasteiger partial charge < -0.3 is 10.6 Å². The van der Waals surface area contributed by atoms with Crippen molar-refractivity contribution in [3.05, 3.63) is 34.3 Å². The molecular formula is C18H25BrN2O2. The third kappa shape index (κ3) is 6.73. The standard InChI is InChI=1S/C18H25BrN2O2/c19-15-10-8-14(9-11-15)18(23)20-13-12-17(22)21-16-6-4-2-1-3-5-7-16/h8-11,16H,1-7,12-13H2,(H,20,23)(H,21,22). The number of carbonyl (C=O) groups is 2. The largest absolute Gasteiger partial charge is 0.353 e. The molecule has 1 aliphatic carbocycles. The molecule has 2 rings (SSSR count). The fraction of sp³-hybridized carbons (Fsp3) is 0.556. The summed E-state index contributed by atoms with van der Waals surface area (Å²) < 4.78 is 0.938. The van der Waals surface area contributed by atoms with E-state index in [2.05, 4.69) is 26.6 Å². The van der Waals surface area contributed by atoms with Crippen LogP contribution in [0.15, 0.2) is 28.7 Å². The van der Waals surface area contributed by atoms with Gasteiger partial charge in [-0.15, -0.1) is 0 Å². The molecule has 0 aliphatic heterocycles. The molecule has 0 radical (unpaired) electrons. The Morgan fingerprint density at radius 3 is 2.26 bits per heavy atom. The molecule has 4 nitrogen and oxygen atoms in total. The molecule has 0 heterocycles. The molecule has 1 aliphatic rings. The number of hydrogen-bond donors (Lipinski definition) is 2. The van der Waals surface area contributed by atoms with E-state index in [1.807, 2.05) is 12.1 Å².